The number of hydrogen-bond donors (Lipinski definition) is 0. The molecule has 2 aliphatic rings. The molecule has 21 heavy (non-hydrogen) atoms. The van der Waals surface area contributed by atoms with Crippen molar-refractivity contribution in [2.24, 2.45) is 0 Å². The zero-order valence-corrected chi connectivity index (χ0v) is 13.6. The highest BCUT2D eigenvalue weighted by Crippen LogP contribution is 2.33. The second kappa shape index (κ2) is 5.82. The molecule has 6 heteroatoms. The predicted molar refractivity (Wildman–Crippen MR) is 79.8 cm³/mol. The van der Waals surface area contributed by atoms with E-state index in [1.54, 1.807) is 4.90 Å². The average molecular weight is 294 g/mol. The van der Waals surface area contributed by atoms with E-state index in [0.29, 0.717) is 19.5 Å². The smallest absolute Gasteiger partial charge is 0.410 e. The normalized spacial score (nSPS) is 23.3. The van der Waals surface area contributed by atoms with Crippen molar-refractivity contribution in [2.75, 3.05) is 46.3 Å². The predicted octanol–water partition coefficient (Wildman–Crippen LogP) is 1.14. The molecule has 2 aliphatic heterocycles. The number of nitrogens with zero attached hydrogens (tertiary/aromatic N) is 4. The van der Waals surface area contributed by atoms with Gasteiger partial charge in [0.25, 0.3) is 0 Å². The van der Waals surface area contributed by atoms with Crippen LogP contribution in [0.2, 0.25) is 0 Å². The Bertz CT molecular complexity index is 424. The molecular weight excluding hydrogens is 268 g/mol. The van der Waals surface area contributed by atoms with Gasteiger partial charge in [0.2, 0.25) is 0 Å². The topological polar surface area (TPSA) is 59.8 Å². The van der Waals surface area contributed by atoms with E-state index in [9.17, 15) is 4.79 Å². The molecule has 0 aromatic rings. The van der Waals surface area contributed by atoms with Crippen LogP contribution < -0.4 is 0 Å². The van der Waals surface area contributed by atoms with Crippen LogP contribution in [0.4, 0.5) is 4.79 Å². The standard InChI is InChI=1S/C15H26N4O2/c1-14(2,3)21-13(20)18-11-15(12-18,5-6-16)19-9-7-17(4)8-10-19/h5,7-12H2,1-4H3. The summed E-state index contributed by atoms with van der Waals surface area (Å²) in [7, 11) is 2.11. The summed E-state index contributed by atoms with van der Waals surface area (Å²) in [6, 6.07) is 2.29. The first-order chi connectivity index (χ1) is 9.76. The number of ether oxygens (including phenoxy) is 1. The summed E-state index contributed by atoms with van der Waals surface area (Å²) in [6.07, 6.45) is 0.195. The number of carbonyl (C=O) groups excluding carboxylic acids is 1. The molecule has 0 unspecified atom stereocenters. The van der Waals surface area contributed by atoms with Gasteiger partial charge in [0, 0.05) is 39.3 Å². The average Bonchev–Trinajstić information content (AvgIpc) is 2.32. The van der Waals surface area contributed by atoms with Crippen molar-refractivity contribution in [1.82, 2.24) is 14.7 Å². The van der Waals surface area contributed by atoms with Gasteiger partial charge in [0.1, 0.15) is 5.60 Å². The lowest BCUT2D eigenvalue weighted by atomic mass is 9.84. The van der Waals surface area contributed by atoms with Crippen LogP contribution >= 0.6 is 0 Å². The van der Waals surface area contributed by atoms with Crippen molar-refractivity contribution < 1.29 is 9.53 Å². The molecule has 0 aliphatic carbocycles. The summed E-state index contributed by atoms with van der Waals surface area (Å²) in [6.45, 7) is 10.7. The Hall–Kier alpha value is -1.32. The Labute approximate surface area is 127 Å². The second-order valence-electron chi connectivity index (χ2n) is 7.19. The Morgan fingerprint density at radius 3 is 2.29 bits per heavy atom. The van der Waals surface area contributed by atoms with Crippen LogP contribution in [0.15, 0.2) is 0 Å². The summed E-state index contributed by atoms with van der Waals surface area (Å²) in [5.74, 6) is 0. The van der Waals surface area contributed by atoms with Crippen LogP contribution in [-0.4, -0.2) is 78.2 Å². The van der Waals surface area contributed by atoms with Crippen LogP contribution in [0.1, 0.15) is 27.2 Å². The van der Waals surface area contributed by atoms with Crippen LogP contribution in [0, 0.1) is 11.3 Å². The molecule has 0 aromatic carbocycles. The number of likely N-dealkylation sites (N-methyl/N-ethyl adjacent to an activating group) is 1. The molecule has 2 fully saturated rings. The maximum Gasteiger partial charge on any atom is 0.410 e. The van der Waals surface area contributed by atoms with Crippen molar-refractivity contribution in [1.29, 1.82) is 5.26 Å². The third kappa shape index (κ3) is 3.66. The molecule has 118 valence electrons. The minimum atomic E-state index is -0.474. The molecule has 0 N–H and O–H groups in total. The number of likely N-dealkylation sites (tertiary alicyclic amines) is 1. The summed E-state index contributed by atoms with van der Waals surface area (Å²) in [4.78, 5) is 18.4. The molecule has 2 heterocycles. The van der Waals surface area contributed by atoms with Crippen LogP contribution in [0.25, 0.3) is 0 Å². The van der Waals surface area contributed by atoms with E-state index in [1.165, 1.54) is 0 Å². The first-order valence-corrected chi connectivity index (χ1v) is 7.54. The van der Waals surface area contributed by atoms with E-state index in [4.69, 9.17) is 10.00 Å². The lowest BCUT2D eigenvalue weighted by Gasteiger charge is -2.56. The van der Waals surface area contributed by atoms with Gasteiger partial charge in [0.05, 0.1) is 18.0 Å². The van der Waals surface area contributed by atoms with Crippen molar-refractivity contribution in [3.05, 3.63) is 0 Å². The zero-order valence-electron chi connectivity index (χ0n) is 13.6. The minimum Gasteiger partial charge on any atom is -0.444 e. The molecule has 0 aromatic heterocycles. The quantitative estimate of drug-likeness (QED) is 0.764. The number of hydrogen-bond acceptors (Lipinski definition) is 5. The van der Waals surface area contributed by atoms with Crippen LogP contribution in [-0.2, 0) is 4.74 Å². The third-order valence-electron chi connectivity index (χ3n) is 4.20. The van der Waals surface area contributed by atoms with Crippen LogP contribution in [0.3, 0.4) is 0 Å². The highest BCUT2D eigenvalue weighted by Gasteiger charge is 2.50. The highest BCUT2D eigenvalue weighted by molar-refractivity contribution is 5.70. The molecule has 6 nitrogen and oxygen atoms in total. The summed E-state index contributed by atoms with van der Waals surface area (Å²) < 4.78 is 5.39. The van der Waals surface area contributed by atoms with E-state index in [2.05, 4.69) is 22.9 Å². The fraction of sp³-hybridized carbons (Fsp3) is 0.867. The fourth-order valence-electron chi connectivity index (χ4n) is 2.97. The van der Waals surface area contributed by atoms with Crippen LogP contribution in [0.5, 0.6) is 0 Å². The van der Waals surface area contributed by atoms with Gasteiger partial charge < -0.3 is 14.5 Å². The lowest BCUT2D eigenvalue weighted by molar-refractivity contribution is -0.0741. The largest absolute Gasteiger partial charge is 0.444 e. The summed E-state index contributed by atoms with van der Waals surface area (Å²) >= 11 is 0. The van der Waals surface area contributed by atoms with Gasteiger partial charge in [-0.3, -0.25) is 4.90 Å². The number of rotatable bonds is 2. The van der Waals surface area contributed by atoms with Crippen molar-refractivity contribution in [3.63, 3.8) is 0 Å². The lowest BCUT2D eigenvalue weighted by Crippen LogP contribution is -2.73. The van der Waals surface area contributed by atoms with Gasteiger partial charge >= 0.3 is 6.09 Å². The summed E-state index contributed by atoms with van der Waals surface area (Å²) in [5, 5.41) is 9.14. The van der Waals surface area contributed by atoms with E-state index in [1.807, 2.05) is 20.8 Å². The highest BCUT2D eigenvalue weighted by atomic mass is 16.6. The van der Waals surface area contributed by atoms with Gasteiger partial charge in [-0.2, -0.15) is 5.26 Å². The van der Waals surface area contributed by atoms with Gasteiger partial charge in [-0.25, -0.2) is 4.79 Å². The monoisotopic (exact) mass is 294 g/mol. The maximum atomic E-state index is 12.1. The van der Waals surface area contributed by atoms with E-state index < -0.39 is 5.60 Å². The molecule has 2 rings (SSSR count). The Morgan fingerprint density at radius 2 is 1.81 bits per heavy atom. The molecule has 0 saturated carbocycles. The number of piperazine rings is 1. The van der Waals surface area contributed by atoms with Gasteiger partial charge in [-0.15, -0.1) is 0 Å². The first-order valence-electron chi connectivity index (χ1n) is 7.54. The Morgan fingerprint density at radius 1 is 1.24 bits per heavy atom. The minimum absolute atomic E-state index is 0.174. The zero-order chi connectivity index (χ0) is 15.7. The molecule has 0 bridgehead atoms. The molecule has 0 radical (unpaired) electrons. The molecular formula is C15H26N4O2. The van der Waals surface area contributed by atoms with E-state index in [-0.39, 0.29) is 11.6 Å². The van der Waals surface area contributed by atoms with Gasteiger partial charge in [0.15, 0.2) is 0 Å². The summed E-state index contributed by atoms with van der Waals surface area (Å²) in [5.41, 5.74) is -0.648. The molecule has 2 saturated heterocycles. The number of amides is 1. The fourth-order valence-corrected chi connectivity index (χ4v) is 2.97. The van der Waals surface area contributed by atoms with Crippen molar-refractivity contribution in [3.8, 4) is 6.07 Å². The maximum absolute atomic E-state index is 12.1. The van der Waals surface area contributed by atoms with Gasteiger partial charge in [-0.05, 0) is 27.8 Å². The van der Waals surface area contributed by atoms with Crippen molar-refractivity contribution in [2.45, 2.75) is 38.3 Å². The van der Waals surface area contributed by atoms with Gasteiger partial charge in [-0.1, -0.05) is 0 Å². The molecule has 0 atom stereocenters. The molecule has 0 spiro atoms. The SMILES string of the molecule is CN1CCN(C2(CC#N)CN(C(=O)OC(C)(C)C)C2)CC1. The second-order valence-corrected chi connectivity index (χ2v) is 7.19. The number of nitriles is 1. The number of carbonyl (C=O) groups is 1. The van der Waals surface area contributed by atoms with E-state index in [0.717, 1.165) is 26.2 Å². The molecule has 1 amide bonds. The Balaban J connectivity index is 1.95. The van der Waals surface area contributed by atoms with E-state index >= 15 is 0 Å². The van der Waals surface area contributed by atoms with Crippen molar-refractivity contribution >= 4 is 6.09 Å². The Kier molecular flexibility index (Phi) is 4.45. The first kappa shape index (κ1) is 16.1. The third-order valence-corrected chi connectivity index (χ3v) is 4.20.